The van der Waals surface area contributed by atoms with Gasteiger partial charge in [0.05, 0.1) is 6.54 Å². The number of nitrogens with two attached hydrogens (primary N) is 1. The van der Waals surface area contributed by atoms with Crippen molar-refractivity contribution in [3.63, 3.8) is 0 Å². The van der Waals surface area contributed by atoms with Crippen LogP contribution in [0, 0.1) is 0 Å². The van der Waals surface area contributed by atoms with Gasteiger partial charge < -0.3 is 11.1 Å². The Hall–Kier alpha value is -1.01. The monoisotopic (exact) mass is 242 g/mol. The molecule has 0 saturated carbocycles. The summed E-state index contributed by atoms with van der Waals surface area (Å²) < 4.78 is 0. The van der Waals surface area contributed by atoms with Gasteiger partial charge in [-0.25, -0.2) is 0 Å². The molecular formula is C10H18N4OS. The third-order valence-electron chi connectivity index (χ3n) is 1.92. The molecule has 1 rings (SSSR count). The first kappa shape index (κ1) is 13.1. The molecule has 5 nitrogen and oxygen atoms in total. The van der Waals surface area contributed by atoms with Gasteiger partial charge in [0.2, 0.25) is 5.91 Å². The first-order valence-electron chi connectivity index (χ1n) is 5.23. The third kappa shape index (κ3) is 3.86. The van der Waals surface area contributed by atoms with Crippen molar-refractivity contribution in [1.82, 2.24) is 15.5 Å². The molecule has 1 amide bonds. The highest BCUT2D eigenvalue weighted by Gasteiger charge is 2.19. The summed E-state index contributed by atoms with van der Waals surface area (Å²) in [5, 5.41) is 12.7. The Morgan fingerprint density at radius 3 is 2.62 bits per heavy atom. The van der Waals surface area contributed by atoms with Gasteiger partial charge in [0, 0.05) is 18.4 Å². The van der Waals surface area contributed by atoms with Crippen molar-refractivity contribution >= 4 is 17.2 Å². The van der Waals surface area contributed by atoms with Crippen molar-refractivity contribution < 1.29 is 4.79 Å². The molecule has 0 aliphatic heterocycles. The second kappa shape index (κ2) is 5.36. The Kier molecular flexibility index (Phi) is 4.37. The lowest BCUT2D eigenvalue weighted by molar-refractivity contribution is -0.121. The van der Waals surface area contributed by atoms with Crippen molar-refractivity contribution in [2.24, 2.45) is 5.73 Å². The number of hydrogen-bond donors (Lipinski definition) is 2. The minimum absolute atomic E-state index is 0.0111. The molecule has 0 bridgehead atoms. The van der Waals surface area contributed by atoms with E-state index in [1.54, 1.807) is 0 Å². The van der Waals surface area contributed by atoms with Crippen LogP contribution in [-0.2, 0) is 16.8 Å². The molecule has 0 saturated heterocycles. The molecule has 1 heterocycles. The van der Waals surface area contributed by atoms with Crippen molar-refractivity contribution in [3.8, 4) is 0 Å². The summed E-state index contributed by atoms with van der Waals surface area (Å²) in [6, 6.07) is 0. The van der Waals surface area contributed by atoms with Crippen LogP contribution in [0.15, 0.2) is 0 Å². The number of rotatable bonds is 4. The van der Waals surface area contributed by atoms with Crippen LogP contribution in [0.25, 0.3) is 0 Å². The molecule has 16 heavy (non-hydrogen) atoms. The number of amides is 1. The molecule has 0 aliphatic rings. The smallest absolute Gasteiger partial charge is 0.221 e. The molecule has 1 aromatic heterocycles. The average Bonchev–Trinajstić information content (AvgIpc) is 2.63. The van der Waals surface area contributed by atoms with Crippen LogP contribution in [0.4, 0.5) is 0 Å². The van der Waals surface area contributed by atoms with Crippen LogP contribution >= 0.6 is 11.3 Å². The number of nitrogens with zero attached hydrogens (tertiary/aromatic N) is 2. The van der Waals surface area contributed by atoms with E-state index in [4.69, 9.17) is 5.73 Å². The molecule has 0 fully saturated rings. The molecule has 0 spiro atoms. The molecule has 6 heteroatoms. The Balaban J connectivity index is 2.50. The molecule has 0 radical (unpaired) electrons. The van der Waals surface area contributed by atoms with E-state index in [9.17, 15) is 4.79 Å². The van der Waals surface area contributed by atoms with Gasteiger partial charge in [-0.2, -0.15) is 0 Å². The average molecular weight is 242 g/mol. The summed E-state index contributed by atoms with van der Waals surface area (Å²) in [6.07, 6.45) is 0.352. The standard InChI is InChI=1S/C10H18N4OS/c1-10(2,3)9-14-13-8(16-9)6-12-7(15)4-5-11/h4-6,11H2,1-3H3,(H,12,15). The van der Waals surface area contributed by atoms with Crippen molar-refractivity contribution in [3.05, 3.63) is 10.0 Å². The highest BCUT2D eigenvalue weighted by Crippen LogP contribution is 2.25. The first-order chi connectivity index (χ1) is 7.43. The zero-order valence-electron chi connectivity index (χ0n) is 9.91. The van der Waals surface area contributed by atoms with E-state index in [2.05, 4.69) is 36.3 Å². The zero-order valence-corrected chi connectivity index (χ0v) is 10.7. The van der Waals surface area contributed by atoms with Gasteiger partial charge in [-0.05, 0) is 0 Å². The predicted molar refractivity (Wildman–Crippen MR) is 64.1 cm³/mol. The Morgan fingerprint density at radius 1 is 1.44 bits per heavy atom. The molecule has 0 aliphatic carbocycles. The summed E-state index contributed by atoms with van der Waals surface area (Å²) in [4.78, 5) is 11.2. The van der Waals surface area contributed by atoms with Gasteiger partial charge in [-0.1, -0.05) is 32.1 Å². The molecule has 0 unspecified atom stereocenters. The maximum Gasteiger partial charge on any atom is 0.221 e. The Morgan fingerprint density at radius 2 is 2.12 bits per heavy atom. The van der Waals surface area contributed by atoms with Crippen LogP contribution < -0.4 is 11.1 Å². The van der Waals surface area contributed by atoms with Crippen LogP contribution in [0.3, 0.4) is 0 Å². The Labute approximate surface area is 99.5 Å². The van der Waals surface area contributed by atoms with E-state index in [0.29, 0.717) is 19.5 Å². The van der Waals surface area contributed by atoms with E-state index in [-0.39, 0.29) is 11.3 Å². The topological polar surface area (TPSA) is 80.9 Å². The normalized spacial score (nSPS) is 11.5. The lowest BCUT2D eigenvalue weighted by atomic mass is 9.98. The molecule has 0 atom stereocenters. The van der Waals surface area contributed by atoms with Gasteiger partial charge in [0.1, 0.15) is 10.0 Å². The van der Waals surface area contributed by atoms with Crippen LogP contribution in [-0.4, -0.2) is 22.6 Å². The third-order valence-corrected chi connectivity index (χ3v) is 3.27. The molecule has 3 N–H and O–H groups in total. The lowest BCUT2D eigenvalue weighted by Gasteiger charge is -2.12. The fraction of sp³-hybridized carbons (Fsp3) is 0.700. The van der Waals surface area contributed by atoms with Gasteiger partial charge >= 0.3 is 0 Å². The second-order valence-corrected chi connectivity index (χ2v) is 5.63. The molecular weight excluding hydrogens is 224 g/mol. The summed E-state index contributed by atoms with van der Waals surface area (Å²) in [5.74, 6) is -0.0463. The fourth-order valence-electron chi connectivity index (χ4n) is 1.02. The maximum atomic E-state index is 11.2. The van der Waals surface area contributed by atoms with E-state index >= 15 is 0 Å². The minimum Gasteiger partial charge on any atom is -0.349 e. The highest BCUT2D eigenvalue weighted by atomic mass is 32.1. The first-order valence-corrected chi connectivity index (χ1v) is 6.04. The summed E-state index contributed by atoms with van der Waals surface area (Å²) in [6.45, 7) is 7.07. The van der Waals surface area contributed by atoms with Gasteiger partial charge in [0.25, 0.3) is 0 Å². The second-order valence-electron chi connectivity index (χ2n) is 4.57. The summed E-state index contributed by atoms with van der Waals surface area (Å²) in [7, 11) is 0. The van der Waals surface area contributed by atoms with Gasteiger partial charge in [-0.3, -0.25) is 4.79 Å². The molecule has 1 aromatic rings. The summed E-state index contributed by atoms with van der Waals surface area (Å²) in [5.41, 5.74) is 5.28. The number of hydrogen-bond acceptors (Lipinski definition) is 5. The van der Waals surface area contributed by atoms with E-state index in [1.807, 2.05) is 0 Å². The van der Waals surface area contributed by atoms with E-state index in [0.717, 1.165) is 10.0 Å². The van der Waals surface area contributed by atoms with Crippen LogP contribution in [0.2, 0.25) is 0 Å². The number of carbonyl (C=O) groups excluding carboxylic acids is 1. The minimum atomic E-state index is -0.0463. The van der Waals surface area contributed by atoms with Gasteiger partial charge in [0.15, 0.2) is 0 Å². The quantitative estimate of drug-likeness (QED) is 0.818. The molecule has 0 aromatic carbocycles. The number of nitrogens with one attached hydrogen (secondary N) is 1. The van der Waals surface area contributed by atoms with Crippen LogP contribution in [0.1, 0.15) is 37.2 Å². The Bertz CT molecular complexity index is 356. The SMILES string of the molecule is CC(C)(C)c1nnc(CNC(=O)CCN)s1. The number of aromatic nitrogens is 2. The van der Waals surface area contributed by atoms with Crippen molar-refractivity contribution in [2.75, 3.05) is 6.54 Å². The summed E-state index contributed by atoms with van der Waals surface area (Å²) >= 11 is 1.53. The highest BCUT2D eigenvalue weighted by molar-refractivity contribution is 7.11. The largest absolute Gasteiger partial charge is 0.349 e. The van der Waals surface area contributed by atoms with Gasteiger partial charge in [-0.15, -0.1) is 10.2 Å². The molecule has 90 valence electrons. The lowest BCUT2D eigenvalue weighted by Crippen LogP contribution is -2.24. The predicted octanol–water partition coefficient (Wildman–Crippen LogP) is 0.801. The fourth-order valence-corrected chi connectivity index (χ4v) is 1.86. The van der Waals surface area contributed by atoms with E-state index < -0.39 is 0 Å². The van der Waals surface area contributed by atoms with Crippen LogP contribution in [0.5, 0.6) is 0 Å². The number of carbonyl (C=O) groups is 1. The van der Waals surface area contributed by atoms with Crippen molar-refractivity contribution in [1.29, 1.82) is 0 Å². The van der Waals surface area contributed by atoms with E-state index in [1.165, 1.54) is 11.3 Å². The maximum absolute atomic E-state index is 11.2. The zero-order chi connectivity index (χ0) is 12.2. The van der Waals surface area contributed by atoms with Crippen molar-refractivity contribution in [2.45, 2.75) is 39.2 Å².